The van der Waals surface area contributed by atoms with Crippen LogP contribution < -0.4 is 10.1 Å². The first kappa shape index (κ1) is 18.8. The van der Waals surface area contributed by atoms with Crippen LogP contribution in [0.3, 0.4) is 0 Å². The number of pyridine rings is 1. The third-order valence-electron chi connectivity index (χ3n) is 4.67. The number of hydrogen-bond donors (Lipinski definition) is 1. The molecule has 1 N–H and O–H groups in total. The number of halogens is 3. The molecule has 2 aromatic heterocycles. The van der Waals surface area contributed by atoms with Gasteiger partial charge in [-0.25, -0.2) is 9.78 Å². The van der Waals surface area contributed by atoms with E-state index in [1.807, 2.05) is 12.1 Å². The van der Waals surface area contributed by atoms with E-state index in [-0.39, 0.29) is 6.54 Å². The lowest BCUT2D eigenvalue weighted by Gasteiger charge is -2.22. The van der Waals surface area contributed by atoms with Crippen molar-refractivity contribution >= 4 is 17.6 Å². The van der Waals surface area contributed by atoms with E-state index in [0.29, 0.717) is 16.9 Å². The van der Waals surface area contributed by atoms with Gasteiger partial charge in [0.1, 0.15) is 16.9 Å². The fourth-order valence-corrected chi connectivity index (χ4v) is 3.25. The molecule has 0 spiro atoms. The molecule has 10 heteroatoms. The highest BCUT2D eigenvalue weighted by atomic mass is 19.4. The lowest BCUT2D eigenvalue weighted by atomic mass is 9.92. The van der Waals surface area contributed by atoms with Gasteiger partial charge < -0.3 is 14.5 Å². The number of nitrogens with zero attached hydrogens (tertiary/aromatic N) is 3. The number of ether oxygens (including phenoxy) is 1. The van der Waals surface area contributed by atoms with E-state index < -0.39 is 29.6 Å². The largest absolute Gasteiger partial charge is 0.573 e. The van der Waals surface area contributed by atoms with Crippen LogP contribution in [-0.2, 0) is 16.9 Å². The monoisotopic (exact) mass is 404 g/mol. The van der Waals surface area contributed by atoms with Crippen molar-refractivity contribution in [1.29, 1.82) is 0 Å². The molecule has 0 saturated carbocycles. The van der Waals surface area contributed by atoms with Crippen molar-refractivity contribution in [3.63, 3.8) is 0 Å². The normalized spacial score (nSPS) is 19.7. The number of rotatable bonds is 4. The highest BCUT2D eigenvalue weighted by Gasteiger charge is 2.49. The van der Waals surface area contributed by atoms with Gasteiger partial charge in [-0.3, -0.25) is 9.69 Å². The van der Waals surface area contributed by atoms with Crippen molar-refractivity contribution in [3.8, 4) is 5.75 Å². The number of carbonyl (C=O) groups is 2. The number of imide groups is 1. The molecule has 7 nitrogen and oxygen atoms in total. The number of alkyl halides is 3. The average Bonchev–Trinajstić information content (AvgIpc) is 3.15. The Morgan fingerprint density at radius 1 is 1.14 bits per heavy atom. The van der Waals surface area contributed by atoms with E-state index in [0.717, 1.165) is 17.0 Å². The molecule has 150 valence electrons. The Labute approximate surface area is 162 Å². The SMILES string of the molecule is CC1(c2ccc(OC(F)(F)F)cc2)NC(=O)N(Cc2cn3ccccc3n2)C1=O. The Hall–Kier alpha value is -3.56. The van der Waals surface area contributed by atoms with Gasteiger partial charge in [0, 0.05) is 12.4 Å². The van der Waals surface area contributed by atoms with Gasteiger partial charge in [0.15, 0.2) is 0 Å². The van der Waals surface area contributed by atoms with Gasteiger partial charge in [0.05, 0.1) is 12.2 Å². The number of amides is 3. The maximum absolute atomic E-state index is 13.0. The highest BCUT2D eigenvalue weighted by molar-refractivity contribution is 6.07. The summed E-state index contributed by atoms with van der Waals surface area (Å²) in [5.41, 5.74) is 0.130. The fourth-order valence-electron chi connectivity index (χ4n) is 3.25. The van der Waals surface area contributed by atoms with E-state index in [4.69, 9.17) is 0 Å². The molecule has 3 amide bonds. The molecule has 3 aromatic rings. The molecular weight excluding hydrogens is 389 g/mol. The summed E-state index contributed by atoms with van der Waals surface area (Å²) < 4.78 is 42.6. The maximum Gasteiger partial charge on any atom is 0.573 e. The second-order valence-electron chi connectivity index (χ2n) is 6.72. The van der Waals surface area contributed by atoms with Gasteiger partial charge in [-0.1, -0.05) is 18.2 Å². The summed E-state index contributed by atoms with van der Waals surface area (Å²) in [5, 5.41) is 2.61. The van der Waals surface area contributed by atoms with Crippen molar-refractivity contribution in [2.75, 3.05) is 0 Å². The number of hydrogen-bond acceptors (Lipinski definition) is 4. The Balaban J connectivity index is 1.56. The summed E-state index contributed by atoms with van der Waals surface area (Å²) in [4.78, 5) is 30.8. The zero-order valence-corrected chi connectivity index (χ0v) is 15.1. The lowest BCUT2D eigenvalue weighted by molar-refractivity contribution is -0.274. The van der Waals surface area contributed by atoms with Crippen LogP contribution in [0.1, 0.15) is 18.2 Å². The van der Waals surface area contributed by atoms with Gasteiger partial charge in [0.25, 0.3) is 5.91 Å². The summed E-state index contributed by atoms with van der Waals surface area (Å²) in [6.07, 6.45) is -1.30. The smallest absolute Gasteiger partial charge is 0.406 e. The minimum atomic E-state index is -4.81. The predicted molar refractivity (Wildman–Crippen MR) is 94.8 cm³/mol. The molecule has 0 radical (unpaired) electrons. The van der Waals surface area contributed by atoms with Crippen LogP contribution in [-0.4, -0.2) is 32.6 Å². The van der Waals surface area contributed by atoms with E-state index in [1.54, 1.807) is 22.9 Å². The number of benzene rings is 1. The second kappa shape index (κ2) is 6.50. The fraction of sp³-hybridized carbons (Fsp3) is 0.211. The van der Waals surface area contributed by atoms with Crippen LogP contribution >= 0.6 is 0 Å². The first-order valence-corrected chi connectivity index (χ1v) is 8.59. The maximum atomic E-state index is 13.0. The third kappa shape index (κ3) is 3.48. The molecule has 0 aliphatic carbocycles. The number of fused-ring (bicyclic) bond motifs is 1. The molecule has 1 fully saturated rings. The zero-order chi connectivity index (χ0) is 20.8. The highest BCUT2D eigenvalue weighted by Crippen LogP contribution is 2.32. The van der Waals surface area contributed by atoms with Crippen molar-refractivity contribution in [2.24, 2.45) is 0 Å². The molecule has 4 rings (SSSR count). The molecule has 1 aliphatic heterocycles. The van der Waals surface area contributed by atoms with E-state index in [9.17, 15) is 22.8 Å². The molecule has 1 aromatic carbocycles. The Kier molecular flexibility index (Phi) is 4.21. The van der Waals surface area contributed by atoms with Gasteiger partial charge >= 0.3 is 12.4 Å². The molecular formula is C19H15F3N4O3. The van der Waals surface area contributed by atoms with Crippen LogP contribution in [0, 0.1) is 0 Å². The lowest BCUT2D eigenvalue weighted by Crippen LogP contribution is -2.40. The second-order valence-corrected chi connectivity index (χ2v) is 6.72. The Morgan fingerprint density at radius 2 is 1.86 bits per heavy atom. The number of nitrogens with one attached hydrogen (secondary N) is 1. The summed E-state index contributed by atoms with van der Waals surface area (Å²) >= 11 is 0. The van der Waals surface area contributed by atoms with Crippen LogP contribution in [0.15, 0.2) is 54.9 Å². The van der Waals surface area contributed by atoms with Crippen LogP contribution in [0.5, 0.6) is 5.75 Å². The zero-order valence-electron chi connectivity index (χ0n) is 15.1. The van der Waals surface area contributed by atoms with Gasteiger partial charge in [0.2, 0.25) is 0 Å². The number of aromatic nitrogens is 2. The summed E-state index contributed by atoms with van der Waals surface area (Å²) in [5.74, 6) is -0.938. The topological polar surface area (TPSA) is 75.9 Å². The predicted octanol–water partition coefficient (Wildman–Crippen LogP) is 3.20. The molecule has 3 heterocycles. The summed E-state index contributed by atoms with van der Waals surface area (Å²) in [6, 6.07) is 9.66. The Bertz CT molecular complexity index is 1060. The van der Waals surface area contributed by atoms with Crippen molar-refractivity contribution in [2.45, 2.75) is 25.4 Å². The van der Waals surface area contributed by atoms with Crippen molar-refractivity contribution in [3.05, 3.63) is 66.1 Å². The Morgan fingerprint density at radius 3 is 2.52 bits per heavy atom. The molecule has 0 bridgehead atoms. The van der Waals surface area contributed by atoms with E-state index in [2.05, 4.69) is 15.0 Å². The average molecular weight is 404 g/mol. The van der Waals surface area contributed by atoms with Crippen molar-refractivity contribution in [1.82, 2.24) is 19.6 Å². The summed E-state index contributed by atoms with van der Waals surface area (Å²) in [6.45, 7) is 1.47. The third-order valence-corrected chi connectivity index (χ3v) is 4.67. The van der Waals surface area contributed by atoms with Crippen LogP contribution in [0.2, 0.25) is 0 Å². The quantitative estimate of drug-likeness (QED) is 0.678. The van der Waals surface area contributed by atoms with Crippen LogP contribution in [0.25, 0.3) is 5.65 Å². The van der Waals surface area contributed by atoms with Gasteiger partial charge in [-0.05, 0) is 36.8 Å². The molecule has 1 aliphatic rings. The van der Waals surface area contributed by atoms with Crippen molar-refractivity contribution < 1.29 is 27.5 Å². The number of imidazole rings is 1. The molecule has 29 heavy (non-hydrogen) atoms. The number of urea groups is 1. The molecule has 1 atom stereocenters. The van der Waals surface area contributed by atoms with E-state index >= 15 is 0 Å². The first-order chi connectivity index (χ1) is 13.7. The first-order valence-electron chi connectivity index (χ1n) is 8.59. The molecule has 1 unspecified atom stereocenters. The molecule has 1 saturated heterocycles. The number of carbonyl (C=O) groups excluding carboxylic acids is 2. The summed E-state index contributed by atoms with van der Waals surface area (Å²) in [7, 11) is 0. The minimum Gasteiger partial charge on any atom is -0.406 e. The minimum absolute atomic E-state index is 0.0306. The van der Waals surface area contributed by atoms with Crippen LogP contribution in [0.4, 0.5) is 18.0 Å². The van der Waals surface area contributed by atoms with Gasteiger partial charge in [-0.15, -0.1) is 13.2 Å². The standard InChI is InChI=1S/C19H15F3N4O3/c1-18(12-5-7-14(8-6-12)29-19(20,21)22)16(27)26(17(28)24-18)11-13-10-25-9-3-2-4-15(25)23-13/h2-10H,11H2,1H3,(H,24,28). The van der Waals surface area contributed by atoms with E-state index in [1.165, 1.54) is 19.1 Å². The van der Waals surface area contributed by atoms with Gasteiger partial charge in [-0.2, -0.15) is 0 Å².